The average Bonchev–Trinajstić information content (AvgIpc) is 2.20. The Balaban J connectivity index is 2.20. The molecule has 1 saturated heterocycles. The van der Waals surface area contributed by atoms with Crippen molar-refractivity contribution in [3.8, 4) is 0 Å². The van der Waals surface area contributed by atoms with Gasteiger partial charge in [0, 0.05) is 28.9 Å². The SMILES string of the molecule is O=S1CCCCC1c1ccncc1. The van der Waals surface area contributed by atoms with Crippen LogP contribution in [-0.2, 0) is 10.8 Å². The standard InChI is InChI=1S/C10H13NOS/c12-13-8-2-1-3-10(13)9-4-6-11-7-5-9/h4-7,10H,1-3,8H2. The second-order valence-corrected chi connectivity index (χ2v) is 5.09. The Hall–Kier alpha value is -0.700. The fourth-order valence-electron chi connectivity index (χ4n) is 1.74. The van der Waals surface area contributed by atoms with Crippen molar-refractivity contribution < 1.29 is 4.21 Å². The quantitative estimate of drug-likeness (QED) is 0.686. The summed E-state index contributed by atoms with van der Waals surface area (Å²) in [5.41, 5.74) is 1.19. The lowest BCUT2D eigenvalue weighted by Crippen LogP contribution is -2.15. The second-order valence-electron chi connectivity index (χ2n) is 3.35. The van der Waals surface area contributed by atoms with Crippen molar-refractivity contribution in [1.82, 2.24) is 4.98 Å². The van der Waals surface area contributed by atoms with Crippen LogP contribution in [0.4, 0.5) is 0 Å². The second kappa shape index (κ2) is 4.01. The van der Waals surface area contributed by atoms with Gasteiger partial charge in [-0.25, -0.2) is 0 Å². The molecule has 1 aliphatic rings. The maximum atomic E-state index is 11.7. The summed E-state index contributed by atoms with van der Waals surface area (Å²) < 4.78 is 11.7. The molecule has 2 unspecified atom stereocenters. The van der Waals surface area contributed by atoms with Crippen LogP contribution in [0.2, 0.25) is 0 Å². The van der Waals surface area contributed by atoms with Crippen LogP contribution in [-0.4, -0.2) is 14.9 Å². The van der Waals surface area contributed by atoms with Crippen LogP contribution in [0.3, 0.4) is 0 Å². The van der Waals surface area contributed by atoms with Crippen molar-refractivity contribution in [3.63, 3.8) is 0 Å². The number of hydrogen-bond donors (Lipinski definition) is 0. The highest BCUT2D eigenvalue weighted by Gasteiger charge is 2.21. The summed E-state index contributed by atoms with van der Waals surface area (Å²) >= 11 is 0. The molecule has 0 bridgehead atoms. The van der Waals surface area contributed by atoms with Crippen LogP contribution in [0.5, 0.6) is 0 Å². The number of nitrogens with zero attached hydrogens (tertiary/aromatic N) is 1. The third kappa shape index (κ3) is 1.97. The van der Waals surface area contributed by atoms with Crippen molar-refractivity contribution in [2.45, 2.75) is 24.5 Å². The van der Waals surface area contributed by atoms with Crippen molar-refractivity contribution in [2.75, 3.05) is 5.75 Å². The molecule has 1 aromatic rings. The van der Waals surface area contributed by atoms with Gasteiger partial charge in [0.25, 0.3) is 0 Å². The zero-order chi connectivity index (χ0) is 9.10. The van der Waals surface area contributed by atoms with Gasteiger partial charge in [0.1, 0.15) is 0 Å². The summed E-state index contributed by atoms with van der Waals surface area (Å²) in [5, 5.41) is 0.261. The molecule has 1 aromatic heterocycles. The normalized spacial score (nSPS) is 28.6. The van der Waals surface area contributed by atoms with Crippen molar-refractivity contribution in [2.24, 2.45) is 0 Å². The Bertz CT molecular complexity index is 299. The molecule has 2 rings (SSSR count). The molecular formula is C10H13NOS. The summed E-state index contributed by atoms with van der Waals surface area (Å²) in [6.45, 7) is 0. The van der Waals surface area contributed by atoms with Gasteiger partial charge in [0.2, 0.25) is 0 Å². The minimum atomic E-state index is -0.657. The monoisotopic (exact) mass is 195 g/mol. The third-order valence-electron chi connectivity index (χ3n) is 2.46. The molecule has 0 saturated carbocycles. The van der Waals surface area contributed by atoms with Crippen LogP contribution in [0.15, 0.2) is 24.5 Å². The van der Waals surface area contributed by atoms with Crippen LogP contribution in [0, 0.1) is 0 Å². The molecule has 0 spiro atoms. The molecule has 13 heavy (non-hydrogen) atoms. The maximum absolute atomic E-state index is 11.7. The van der Waals surface area contributed by atoms with E-state index >= 15 is 0 Å². The van der Waals surface area contributed by atoms with Gasteiger partial charge >= 0.3 is 0 Å². The fourth-order valence-corrected chi connectivity index (χ4v) is 3.41. The van der Waals surface area contributed by atoms with Crippen LogP contribution < -0.4 is 0 Å². The molecule has 1 aliphatic heterocycles. The molecule has 2 atom stereocenters. The lowest BCUT2D eigenvalue weighted by Gasteiger charge is -2.21. The van der Waals surface area contributed by atoms with E-state index in [0.29, 0.717) is 0 Å². The molecule has 2 nitrogen and oxygen atoms in total. The topological polar surface area (TPSA) is 30.0 Å². The highest BCUT2D eigenvalue weighted by molar-refractivity contribution is 7.85. The first-order valence-electron chi connectivity index (χ1n) is 4.65. The fraction of sp³-hybridized carbons (Fsp3) is 0.500. The number of pyridine rings is 1. The highest BCUT2D eigenvalue weighted by Crippen LogP contribution is 2.29. The number of hydrogen-bond acceptors (Lipinski definition) is 2. The molecule has 0 radical (unpaired) electrons. The largest absolute Gasteiger partial charge is 0.265 e. The van der Waals surface area contributed by atoms with E-state index in [2.05, 4.69) is 4.98 Å². The van der Waals surface area contributed by atoms with Gasteiger partial charge in [0.05, 0.1) is 5.25 Å². The first-order valence-corrected chi connectivity index (χ1v) is 6.03. The summed E-state index contributed by atoms with van der Waals surface area (Å²) in [6.07, 6.45) is 6.95. The first kappa shape index (κ1) is 8.88. The van der Waals surface area contributed by atoms with Crippen molar-refractivity contribution in [3.05, 3.63) is 30.1 Å². The van der Waals surface area contributed by atoms with Crippen LogP contribution in [0.25, 0.3) is 0 Å². The lowest BCUT2D eigenvalue weighted by molar-refractivity contribution is 0.619. The van der Waals surface area contributed by atoms with E-state index in [1.165, 1.54) is 12.0 Å². The molecule has 2 heterocycles. The van der Waals surface area contributed by atoms with Gasteiger partial charge in [-0.3, -0.25) is 9.19 Å². The molecule has 0 aromatic carbocycles. The Morgan fingerprint density at radius 2 is 2.08 bits per heavy atom. The molecule has 0 aliphatic carbocycles. The summed E-state index contributed by atoms with van der Waals surface area (Å²) in [5.74, 6) is 0.868. The van der Waals surface area contributed by atoms with E-state index in [1.54, 1.807) is 12.4 Å². The minimum absolute atomic E-state index is 0.261. The number of rotatable bonds is 1. The molecule has 3 heteroatoms. The Morgan fingerprint density at radius 1 is 1.31 bits per heavy atom. The molecule has 1 fully saturated rings. The predicted molar refractivity (Wildman–Crippen MR) is 53.8 cm³/mol. The summed E-state index contributed by atoms with van der Waals surface area (Å²) in [4.78, 5) is 3.97. The molecule has 0 amide bonds. The predicted octanol–water partition coefficient (Wildman–Crippen LogP) is 2.06. The van der Waals surface area contributed by atoms with E-state index in [4.69, 9.17) is 0 Å². The van der Waals surface area contributed by atoms with E-state index in [9.17, 15) is 4.21 Å². The maximum Gasteiger partial charge on any atom is 0.0598 e. The third-order valence-corrected chi connectivity index (χ3v) is 4.29. The van der Waals surface area contributed by atoms with Gasteiger partial charge in [-0.1, -0.05) is 6.42 Å². The minimum Gasteiger partial charge on any atom is -0.265 e. The average molecular weight is 195 g/mol. The smallest absolute Gasteiger partial charge is 0.0598 e. The molecular weight excluding hydrogens is 182 g/mol. The van der Waals surface area contributed by atoms with Gasteiger partial charge in [0.15, 0.2) is 0 Å². The van der Waals surface area contributed by atoms with Gasteiger partial charge in [-0.2, -0.15) is 0 Å². The molecule has 70 valence electrons. The Kier molecular flexibility index (Phi) is 2.74. The van der Waals surface area contributed by atoms with E-state index < -0.39 is 10.8 Å². The summed E-state index contributed by atoms with van der Waals surface area (Å²) in [7, 11) is -0.657. The number of aromatic nitrogens is 1. The summed E-state index contributed by atoms with van der Waals surface area (Å²) in [6, 6.07) is 3.96. The van der Waals surface area contributed by atoms with Crippen molar-refractivity contribution in [1.29, 1.82) is 0 Å². The van der Waals surface area contributed by atoms with Gasteiger partial charge in [-0.05, 0) is 30.5 Å². The lowest BCUT2D eigenvalue weighted by atomic mass is 10.1. The Labute approximate surface area is 80.8 Å². The first-order chi connectivity index (χ1) is 6.38. The van der Waals surface area contributed by atoms with Crippen LogP contribution >= 0.6 is 0 Å². The zero-order valence-corrected chi connectivity index (χ0v) is 8.30. The van der Waals surface area contributed by atoms with Gasteiger partial charge in [-0.15, -0.1) is 0 Å². The van der Waals surface area contributed by atoms with E-state index in [0.717, 1.165) is 18.6 Å². The van der Waals surface area contributed by atoms with Crippen molar-refractivity contribution >= 4 is 10.8 Å². The highest BCUT2D eigenvalue weighted by atomic mass is 32.2. The van der Waals surface area contributed by atoms with E-state index in [-0.39, 0.29) is 5.25 Å². The van der Waals surface area contributed by atoms with E-state index in [1.807, 2.05) is 12.1 Å². The molecule has 0 N–H and O–H groups in total. The van der Waals surface area contributed by atoms with Gasteiger partial charge < -0.3 is 0 Å². The van der Waals surface area contributed by atoms with Crippen LogP contribution in [0.1, 0.15) is 30.1 Å². The zero-order valence-electron chi connectivity index (χ0n) is 7.48. The Morgan fingerprint density at radius 3 is 2.77 bits per heavy atom.